The molecule has 2 saturated heterocycles. The van der Waals surface area contributed by atoms with Gasteiger partial charge in [0.2, 0.25) is 11.8 Å². The quantitative estimate of drug-likeness (QED) is 0.519. The maximum absolute atomic E-state index is 13.8. The topological polar surface area (TPSA) is 40.6 Å². The van der Waals surface area contributed by atoms with Gasteiger partial charge in [0.05, 0.1) is 11.8 Å². The number of nitrogens with zero attached hydrogens (tertiary/aromatic N) is 2. The van der Waals surface area contributed by atoms with Gasteiger partial charge in [-0.05, 0) is 25.7 Å². The average molecular weight is 404 g/mol. The van der Waals surface area contributed by atoms with Crippen molar-refractivity contribution in [1.82, 2.24) is 9.80 Å². The highest BCUT2D eigenvalue weighted by atomic mass is 19.3. The molecular weight excluding hydrogens is 376 g/mol. The highest BCUT2D eigenvalue weighted by molar-refractivity contribution is 5.77. The number of rotatable bonds is 5. The molecule has 2 aliphatic heterocycles. The molecule has 2 heterocycles. The van der Waals surface area contributed by atoms with E-state index in [1.165, 1.54) is 9.80 Å². The van der Waals surface area contributed by atoms with E-state index in [1.807, 2.05) is 0 Å². The van der Waals surface area contributed by atoms with Crippen molar-refractivity contribution in [1.29, 1.82) is 0 Å². The maximum Gasteiger partial charge on any atom is 0.259 e. The number of piperidine rings is 2. The van der Waals surface area contributed by atoms with Crippen LogP contribution in [0.5, 0.6) is 0 Å². The van der Waals surface area contributed by atoms with Crippen LogP contribution in [0.1, 0.15) is 52.4 Å². The first-order valence-corrected chi connectivity index (χ1v) is 10.3. The van der Waals surface area contributed by atoms with Crippen LogP contribution in [0.4, 0.5) is 17.6 Å². The molecule has 4 fully saturated rings. The number of alkyl halides is 4. The fourth-order valence-corrected chi connectivity index (χ4v) is 5.34. The summed E-state index contributed by atoms with van der Waals surface area (Å²) in [6.07, 6.45) is 2.14. The fourth-order valence-electron chi connectivity index (χ4n) is 5.34. The maximum atomic E-state index is 13.8. The highest BCUT2D eigenvalue weighted by Gasteiger charge is 2.79. The van der Waals surface area contributed by atoms with E-state index < -0.39 is 34.5 Å². The third-order valence-electron chi connectivity index (χ3n) is 8.11. The van der Waals surface area contributed by atoms with Gasteiger partial charge in [0.1, 0.15) is 0 Å². The van der Waals surface area contributed by atoms with Crippen LogP contribution in [0.3, 0.4) is 0 Å². The van der Waals surface area contributed by atoms with E-state index in [4.69, 9.17) is 0 Å². The van der Waals surface area contributed by atoms with Crippen LogP contribution in [-0.2, 0) is 9.59 Å². The molecule has 0 radical (unpaired) electrons. The van der Waals surface area contributed by atoms with Crippen molar-refractivity contribution >= 4 is 11.8 Å². The minimum atomic E-state index is -2.67. The van der Waals surface area contributed by atoms with E-state index in [0.717, 1.165) is 0 Å². The van der Waals surface area contributed by atoms with E-state index in [-0.39, 0.29) is 37.7 Å². The molecule has 0 aromatic heterocycles. The Balaban J connectivity index is 1.16. The van der Waals surface area contributed by atoms with E-state index in [1.54, 1.807) is 13.8 Å². The second-order valence-corrected chi connectivity index (χ2v) is 9.57. The lowest BCUT2D eigenvalue weighted by molar-refractivity contribution is -0.134. The molecule has 0 aromatic rings. The Kier molecular flexibility index (Phi) is 4.33. The van der Waals surface area contributed by atoms with E-state index in [9.17, 15) is 27.2 Å². The molecule has 8 heteroatoms. The highest BCUT2D eigenvalue weighted by Crippen LogP contribution is 2.70. The number of likely N-dealkylation sites (tertiary alicyclic amines) is 2. The number of carbonyl (C=O) groups excluding carboxylic acids is 2. The van der Waals surface area contributed by atoms with Crippen molar-refractivity contribution < 1.29 is 27.2 Å². The molecule has 0 bridgehead atoms. The van der Waals surface area contributed by atoms with Crippen LogP contribution in [0, 0.1) is 22.7 Å². The number of halogens is 4. The zero-order valence-corrected chi connectivity index (χ0v) is 16.4. The SMILES string of the molecule is CC12CCN(C(=O)CCCCC(=O)N3CCC4(C)C(C3)C4(F)F)CC1C2(F)F. The summed E-state index contributed by atoms with van der Waals surface area (Å²) in [4.78, 5) is 27.6. The lowest BCUT2D eigenvalue weighted by atomic mass is 9.97. The van der Waals surface area contributed by atoms with Gasteiger partial charge in [-0.25, -0.2) is 17.6 Å². The Morgan fingerprint density at radius 2 is 1.14 bits per heavy atom. The van der Waals surface area contributed by atoms with E-state index in [2.05, 4.69) is 0 Å². The van der Waals surface area contributed by atoms with Crippen molar-refractivity contribution in [2.75, 3.05) is 26.2 Å². The Morgan fingerprint density at radius 3 is 1.46 bits per heavy atom. The molecule has 158 valence electrons. The number of carbonyl (C=O) groups is 2. The Morgan fingerprint density at radius 1 is 0.786 bits per heavy atom. The summed E-state index contributed by atoms with van der Waals surface area (Å²) in [5, 5.41) is 0. The van der Waals surface area contributed by atoms with Crippen molar-refractivity contribution in [3.05, 3.63) is 0 Å². The van der Waals surface area contributed by atoms with Crippen LogP contribution in [0.2, 0.25) is 0 Å². The molecule has 0 N–H and O–H groups in total. The normalized spacial score (nSPS) is 39.8. The Bertz CT molecular complexity index is 642. The van der Waals surface area contributed by atoms with Crippen molar-refractivity contribution in [2.24, 2.45) is 22.7 Å². The first-order chi connectivity index (χ1) is 12.9. The number of hydrogen-bond donors (Lipinski definition) is 0. The van der Waals surface area contributed by atoms with Crippen molar-refractivity contribution in [3.8, 4) is 0 Å². The molecule has 2 saturated carbocycles. The molecule has 2 amide bonds. The number of fused-ring (bicyclic) bond motifs is 2. The van der Waals surface area contributed by atoms with Crippen LogP contribution in [0.15, 0.2) is 0 Å². The first-order valence-electron chi connectivity index (χ1n) is 10.3. The molecule has 4 nitrogen and oxygen atoms in total. The lowest BCUT2D eigenvalue weighted by Gasteiger charge is -2.29. The fraction of sp³-hybridized carbons (Fsp3) is 0.900. The molecular formula is C20H28F4N2O2. The van der Waals surface area contributed by atoms with Crippen LogP contribution >= 0.6 is 0 Å². The van der Waals surface area contributed by atoms with Gasteiger partial charge in [-0.2, -0.15) is 0 Å². The Labute approximate surface area is 162 Å². The molecule has 0 spiro atoms. The van der Waals surface area contributed by atoms with Gasteiger partial charge in [0.25, 0.3) is 11.8 Å². The Hall–Kier alpha value is -1.34. The monoisotopic (exact) mass is 404 g/mol. The predicted octanol–water partition coefficient (Wildman–Crippen LogP) is 3.55. The zero-order chi connectivity index (χ0) is 20.5. The van der Waals surface area contributed by atoms with Crippen LogP contribution in [-0.4, -0.2) is 59.6 Å². The van der Waals surface area contributed by atoms with E-state index >= 15 is 0 Å². The molecule has 28 heavy (non-hydrogen) atoms. The second-order valence-electron chi connectivity index (χ2n) is 9.57. The van der Waals surface area contributed by atoms with Gasteiger partial charge < -0.3 is 9.80 Å². The van der Waals surface area contributed by atoms with Gasteiger partial charge in [-0.3, -0.25) is 9.59 Å². The second kappa shape index (κ2) is 6.08. The smallest absolute Gasteiger partial charge is 0.259 e. The lowest BCUT2D eigenvalue weighted by Crippen LogP contribution is -2.39. The largest absolute Gasteiger partial charge is 0.342 e. The third kappa shape index (κ3) is 2.69. The van der Waals surface area contributed by atoms with Crippen LogP contribution < -0.4 is 0 Å². The summed E-state index contributed by atoms with van der Waals surface area (Å²) in [5.74, 6) is -7.07. The van der Waals surface area contributed by atoms with Gasteiger partial charge in [-0.15, -0.1) is 0 Å². The van der Waals surface area contributed by atoms with Gasteiger partial charge in [-0.1, -0.05) is 13.8 Å². The summed E-state index contributed by atoms with van der Waals surface area (Å²) in [6.45, 7) is 4.13. The first kappa shape index (κ1) is 20.0. The van der Waals surface area contributed by atoms with Crippen molar-refractivity contribution in [2.45, 2.75) is 64.2 Å². The third-order valence-corrected chi connectivity index (χ3v) is 8.11. The minimum absolute atomic E-state index is 0.114. The summed E-state index contributed by atoms with van der Waals surface area (Å²) >= 11 is 0. The summed E-state index contributed by atoms with van der Waals surface area (Å²) < 4.78 is 55.1. The molecule has 4 atom stereocenters. The van der Waals surface area contributed by atoms with E-state index in [0.29, 0.717) is 38.8 Å². The number of amides is 2. The molecule has 0 aromatic carbocycles. The van der Waals surface area contributed by atoms with Crippen LogP contribution in [0.25, 0.3) is 0 Å². The van der Waals surface area contributed by atoms with Gasteiger partial charge in [0, 0.05) is 49.9 Å². The summed E-state index contributed by atoms with van der Waals surface area (Å²) in [6, 6.07) is 0. The molecule has 4 rings (SSSR count). The predicted molar refractivity (Wildman–Crippen MR) is 94.0 cm³/mol. The molecule has 4 unspecified atom stereocenters. The number of hydrogen-bond acceptors (Lipinski definition) is 2. The summed E-state index contributed by atoms with van der Waals surface area (Å²) in [7, 11) is 0. The van der Waals surface area contributed by atoms with Gasteiger partial charge in [0.15, 0.2) is 0 Å². The summed E-state index contributed by atoms with van der Waals surface area (Å²) in [5.41, 5.74) is -1.89. The zero-order valence-electron chi connectivity index (χ0n) is 16.4. The van der Waals surface area contributed by atoms with Crippen molar-refractivity contribution in [3.63, 3.8) is 0 Å². The molecule has 4 aliphatic rings. The minimum Gasteiger partial charge on any atom is -0.342 e. The van der Waals surface area contributed by atoms with Gasteiger partial charge >= 0.3 is 0 Å². The standard InChI is InChI=1S/C20H28F4N2O2/c1-17-7-9-25(11-13(17)19(17,21)22)15(27)5-3-4-6-16(28)26-10-8-18(2)14(12-26)20(18,23)24/h13-14H,3-12H2,1-2H3. The molecule has 2 aliphatic carbocycles. The number of unbranched alkanes of at least 4 members (excludes halogenated alkanes) is 1. The average Bonchev–Trinajstić information content (AvgIpc) is 3.30.